The summed E-state index contributed by atoms with van der Waals surface area (Å²) in [4.78, 5) is 15.5. The average Bonchev–Trinajstić information content (AvgIpc) is 2.88. The van der Waals surface area contributed by atoms with Crippen LogP contribution in [0.5, 0.6) is 5.75 Å². The number of carbonyl (C=O) groups excluding carboxylic acids is 1. The first kappa shape index (κ1) is 17.0. The second kappa shape index (κ2) is 7.84. The number of aryl methyl sites for hydroxylation is 2. The van der Waals surface area contributed by atoms with Crippen molar-refractivity contribution >= 4 is 17.2 Å². The molecule has 0 unspecified atom stereocenters. The molecule has 1 amide bonds. The molecule has 0 saturated carbocycles. The fraction of sp³-hybridized carbons (Fsp3) is 0.450. The lowest BCUT2D eigenvalue weighted by Gasteiger charge is -2.19. The number of amides is 1. The van der Waals surface area contributed by atoms with Crippen LogP contribution in [0.1, 0.15) is 52.0 Å². The third-order valence-electron chi connectivity index (χ3n) is 4.64. The van der Waals surface area contributed by atoms with Gasteiger partial charge in [-0.05, 0) is 61.4 Å². The van der Waals surface area contributed by atoms with Crippen molar-refractivity contribution in [1.29, 1.82) is 0 Å². The van der Waals surface area contributed by atoms with Gasteiger partial charge in [-0.2, -0.15) is 0 Å². The summed E-state index contributed by atoms with van der Waals surface area (Å²) in [6.07, 6.45) is 4.73. The van der Waals surface area contributed by atoms with Gasteiger partial charge in [0.25, 0.3) is 5.91 Å². The maximum atomic E-state index is 12.6. The van der Waals surface area contributed by atoms with Crippen molar-refractivity contribution in [2.45, 2.75) is 46.1 Å². The van der Waals surface area contributed by atoms with Crippen LogP contribution in [0.2, 0.25) is 0 Å². The SMILES string of the molecule is Cc1ccc(OCc2csc(C(=O)N3CCCCCC3)c2)cc1C. The fourth-order valence-corrected chi connectivity index (χ4v) is 3.83. The molecule has 1 fully saturated rings. The van der Waals surface area contributed by atoms with Crippen LogP contribution in [0, 0.1) is 13.8 Å². The number of ether oxygens (including phenoxy) is 1. The summed E-state index contributed by atoms with van der Waals surface area (Å²) in [6, 6.07) is 8.12. The van der Waals surface area contributed by atoms with E-state index in [0.29, 0.717) is 6.61 Å². The molecule has 24 heavy (non-hydrogen) atoms. The predicted molar refractivity (Wildman–Crippen MR) is 98.9 cm³/mol. The Morgan fingerprint density at radius 3 is 2.54 bits per heavy atom. The van der Waals surface area contributed by atoms with Gasteiger partial charge in [0.05, 0.1) is 4.88 Å². The van der Waals surface area contributed by atoms with Crippen molar-refractivity contribution in [3.63, 3.8) is 0 Å². The highest BCUT2D eigenvalue weighted by Gasteiger charge is 2.18. The summed E-state index contributed by atoms with van der Waals surface area (Å²) in [7, 11) is 0. The lowest BCUT2D eigenvalue weighted by Crippen LogP contribution is -2.31. The first-order chi connectivity index (χ1) is 11.6. The number of likely N-dealkylation sites (tertiary alicyclic amines) is 1. The number of hydrogen-bond donors (Lipinski definition) is 0. The number of benzene rings is 1. The quantitative estimate of drug-likeness (QED) is 0.785. The Kier molecular flexibility index (Phi) is 5.56. The van der Waals surface area contributed by atoms with E-state index in [0.717, 1.165) is 42.1 Å². The Balaban J connectivity index is 1.60. The second-order valence-corrected chi connectivity index (χ2v) is 7.47. The zero-order valence-corrected chi connectivity index (χ0v) is 15.3. The van der Waals surface area contributed by atoms with Gasteiger partial charge < -0.3 is 9.64 Å². The smallest absolute Gasteiger partial charge is 0.263 e. The molecule has 1 aliphatic heterocycles. The fourth-order valence-electron chi connectivity index (χ4n) is 2.96. The Bertz CT molecular complexity index is 699. The molecular weight excluding hydrogens is 318 g/mol. The van der Waals surface area contributed by atoms with E-state index in [-0.39, 0.29) is 5.91 Å². The molecule has 3 nitrogen and oxygen atoms in total. The number of thiophene rings is 1. The van der Waals surface area contributed by atoms with Crippen molar-refractivity contribution in [2.75, 3.05) is 13.1 Å². The van der Waals surface area contributed by atoms with E-state index in [1.807, 2.05) is 22.4 Å². The summed E-state index contributed by atoms with van der Waals surface area (Å²) in [5.74, 6) is 1.06. The molecule has 1 aliphatic rings. The van der Waals surface area contributed by atoms with Crippen molar-refractivity contribution in [3.05, 3.63) is 51.2 Å². The summed E-state index contributed by atoms with van der Waals surface area (Å²) >= 11 is 1.53. The average molecular weight is 343 g/mol. The van der Waals surface area contributed by atoms with Gasteiger partial charge in [-0.15, -0.1) is 11.3 Å². The van der Waals surface area contributed by atoms with E-state index >= 15 is 0 Å². The predicted octanol–water partition coefficient (Wildman–Crippen LogP) is 4.96. The third-order valence-corrected chi connectivity index (χ3v) is 5.61. The van der Waals surface area contributed by atoms with Gasteiger partial charge in [0.2, 0.25) is 0 Å². The number of rotatable bonds is 4. The highest BCUT2D eigenvalue weighted by molar-refractivity contribution is 7.12. The number of hydrogen-bond acceptors (Lipinski definition) is 3. The van der Waals surface area contributed by atoms with Crippen molar-refractivity contribution < 1.29 is 9.53 Å². The zero-order chi connectivity index (χ0) is 16.9. The van der Waals surface area contributed by atoms with Crippen molar-refractivity contribution in [1.82, 2.24) is 4.90 Å². The van der Waals surface area contributed by atoms with Crippen molar-refractivity contribution in [2.24, 2.45) is 0 Å². The Labute approximate surface area is 148 Å². The summed E-state index contributed by atoms with van der Waals surface area (Å²) in [6.45, 7) is 6.48. The van der Waals surface area contributed by atoms with Gasteiger partial charge in [0.1, 0.15) is 12.4 Å². The highest BCUT2D eigenvalue weighted by Crippen LogP contribution is 2.22. The molecule has 2 aromatic rings. The van der Waals surface area contributed by atoms with Gasteiger partial charge in [-0.3, -0.25) is 4.79 Å². The van der Waals surface area contributed by atoms with E-state index in [1.165, 1.54) is 35.3 Å². The maximum Gasteiger partial charge on any atom is 0.263 e. The molecule has 0 spiro atoms. The van der Waals surface area contributed by atoms with E-state index in [2.05, 4.69) is 26.0 Å². The Morgan fingerprint density at radius 1 is 1.08 bits per heavy atom. The number of nitrogens with zero attached hydrogens (tertiary/aromatic N) is 1. The van der Waals surface area contributed by atoms with Crippen LogP contribution in [0.4, 0.5) is 0 Å². The van der Waals surface area contributed by atoms with E-state index < -0.39 is 0 Å². The molecule has 128 valence electrons. The lowest BCUT2D eigenvalue weighted by atomic mass is 10.1. The van der Waals surface area contributed by atoms with Crippen LogP contribution < -0.4 is 4.74 Å². The van der Waals surface area contributed by atoms with Gasteiger partial charge >= 0.3 is 0 Å². The highest BCUT2D eigenvalue weighted by atomic mass is 32.1. The minimum atomic E-state index is 0.180. The number of carbonyl (C=O) groups is 1. The molecule has 0 radical (unpaired) electrons. The van der Waals surface area contributed by atoms with Crippen LogP contribution in [0.3, 0.4) is 0 Å². The van der Waals surface area contributed by atoms with Crippen LogP contribution in [0.15, 0.2) is 29.6 Å². The van der Waals surface area contributed by atoms with Crippen LogP contribution >= 0.6 is 11.3 Å². The van der Waals surface area contributed by atoms with Crippen molar-refractivity contribution in [3.8, 4) is 5.75 Å². The molecule has 3 rings (SSSR count). The molecule has 2 heterocycles. The lowest BCUT2D eigenvalue weighted by molar-refractivity contribution is 0.0766. The van der Waals surface area contributed by atoms with Crippen LogP contribution in [0.25, 0.3) is 0 Å². The summed E-state index contributed by atoms with van der Waals surface area (Å²) < 4.78 is 5.87. The minimum Gasteiger partial charge on any atom is -0.489 e. The third kappa shape index (κ3) is 4.18. The molecule has 1 aromatic heterocycles. The van der Waals surface area contributed by atoms with Gasteiger partial charge in [-0.25, -0.2) is 0 Å². The first-order valence-corrected chi connectivity index (χ1v) is 9.58. The van der Waals surface area contributed by atoms with Crippen LogP contribution in [-0.4, -0.2) is 23.9 Å². The molecular formula is C20H25NO2S. The molecule has 0 atom stereocenters. The maximum absolute atomic E-state index is 12.6. The molecule has 0 aliphatic carbocycles. The Morgan fingerprint density at radius 2 is 1.83 bits per heavy atom. The molecule has 1 saturated heterocycles. The van der Waals surface area contributed by atoms with Gasteiger partial charge in [0.15, 0.2) is 0 Å². The molecule has 0 N–H and O–H groups in total. The summed E-state index contributed by atoms with van der Waals surface area (Å²) in [5, 5.41) is 2.03. The van der Waals surface area contributed by atoms with Gasteiger partial charge in [-0.1, -0.05) is 18.9 Å². The summed E-state index contributed by atoms with van der Waals surface area (Å²) in [5.41, 5.74) is 3.56. The van der Waals surface area contributed by atoms with E-state index in [4.69, 9.17) is 4.74 Å². The largest absolute Gasteiger partial charge is 0.489 e. The van der Waals surface area contributed by atoms with E-state index in [1.54, 1.807) is 0 Å². The first-order valence-electron chi connectivity index (χ1n) is 8.70. The molecule has 4 heteroatoms. The monoisotopic (exact) mass is 343 g/mol. The topological polar surface area (TPSA) is 29.5 Å². The Hall–Kier alpha value is -1.81. The zero-order valence-electron chi connectivity index (χ0n) is 14.5. The second-order valence-electron chi connectivity index (χ2n) is 6.56. The minimum absolute atomic E-state index is 0.180. The van der Waals surface area contributed by atoms with Gasteiger partial charge in [0, 0.05) is 18.7 Å². The van der Waals surface area contributed by atoms with Crippen LogP contribution in [-0.2, 0) is 6.61 Å². The molecule has 0 bridgehead atoms. The molecule has 1 aromatic carbocycles. The van der Waals surface area contributed by atoms with E-state index in [9.17, 15) is 4.79 Å². The standard InChI is InChI=1S/C20H25NO2S/c1-15-7-8-18(11-16(15)2)23-13-17-12-19(24-14-17)20(22)21-9-5-3-4-6-10-21/h7-8,11-12,14H,3-6,9-10,13H2,1-2H3. The normalized spacial score (nSPS) is 15.2.